The summed E-state index contributed by atoms with van der Waals surface area (Å²) in [5, 5.41) is 14.8. The number of aliphatic hydroxyl groups is 1. The van der Waals surface area contributed by atoms with Crippen molar-refractivity contribution in [3.8, 4) is 0 Å². The molecular formula is C17H25ClN2OS. The van der Waals surface area contributed by atoms with Gasteiger partial charge in [0.05, 0.1) is 5.60 Å². The Morgan fingerprint density at radius 1 is 1.27 bits per heavy atom. The predicted octanol–water partition coefficient (Wildman–Crippen LogP) is 2.76. The third-order valence-corrected chi connectivity index (χ3v) is 6.20. The van der Waals surface area contributed by atoms with Gasteiger partial charge in [-0.15, -0.1) is 0 Å². The molecule has 2 saturated heterocycles. The highest BCUT2D eigenvalue weighted by Gasteiger charge is 2.32. The number of hydrogen-bond donors (Lipinski definition) is 2. The molecular weight excluding hydrogens is 316 g/mol. The van der Waals surface area contributed by atoms with Gasteiger partial charge in [0.25, 0.3) is 0 Å². The van der Waals surface area contributed by atoms with Crippen molar-refractivity contribution in [2.45, 2.75) is 37.5 Å². The summed E-state index contributed by atoms with van der Waals surface area (Å²) in [7, 11) is 0. The van der Waals surface area contributed by atoms with Gasteiger partial charge in [0.1, 0.15) is 0 Å². The summed E-state index contributed by atoms with van der Waals surface area (Å²) in [5.41, 5.74) is 0.860. The smallest absolute Gasteiger partial charge is 0.0869 e. The van der Waals surface area contributed by atoms with Crippen molar-refractivity contribution in [2.75, 3.05) is 31.1 Å². The Bertz CT molecular complexity index is 468. The number of likely N-dealkylation sites (tertiary alicyclic amines) is 1. The highest BCUT2D eigenvalue weighted by molar-refractivity contribution is 7.99. The summed E-state index contributed by atoms with van der Waals surface area (Å²) in [5.74, 6) is 1.98. The van der Waals surface area contributed by atoms with Crippen LogP contribution in [0.25, 0.3) is 0 Å². The van der Waals surface area contributed by atoms with E-state index in [2.05, 4.69) is 22.3 Å². The standard InChI is InChI=1S/C17H25ClN2OS/c18-15-3-1-14(2-4-15)11-20-8-5-16(6-9-20)19-12-17(21)7-10-22-13-17/h1-4,16,19,21H,5-13H2. The van der Waals surface area contributed by atoms with Crippen LogP contribution >= 0.6 is 23.4 Å². The zero-order valence-electron chi connectivity index (χ0n) is 12.9. The highest BCUT2D eigenvalue weighted by Crippen LogP contribution is 2.27. The summed E-state index contributed by atoms with van der Waals surface area (Å²) in [6.45, 7) is 3.99. The van der Waals surface area contributed by atoms with Gasteiger partial charge in [-0.05, 0) is 55.8 Å². The maximum Gasteiger partial charge on any atom is 0.0869 e. The molecule has 0 aromatic heterocycles. The number of piperidine rings is 1. The van der Waals surface area contributed by atoms with Gasteiger partial charge in [-0.1, -0.05) is 23.7 Å². The molecule has 1 atom stereocenters. The summed E-state index contributed by atoms with van der Waals surface area (Å²) >= 11 is 7.79. The second kappa shape index (κ2) is 7.54. The van der Waals surface area contributed by atoms with Crippen LogP contribution in [0.2, 0.25) is 5.02 Å². The van der Waals surface area contributed by atoms with E-state index in [1.807, 2.05) is 23.9 Å². The van der Waals surface area contributed by atoms with Crippen LogP contribution in [0.3, 0.4) is 0 Å². The Labute approximate surface area is 142 Å². The fourth-order valence-corrected chi connectivity index (χ4v) is 4.63. The van der Waals surface area contributed by atoms with Crippen molar-refractivity contribution in [1.82, 2.24) is 10.2 Å². The lowest BCUT2D eigenvalue weighted by atomic mass is 10.0. The summed E-state index contributed by atoms with van der Waals surface area (Å²) in [4.78, 5) is 2.50. The molecule has 2 N–H and O–H groups in total. The van der Waals surface area contributed by atoms with Crippen LogP contribution in [-0.4, -0.2) is 52.8 Å². The maximum atomic E-state index is 10.4. The molecule has 2 aliphatic heterocycles. The van der Waals surface area contributed by atoms with Crippen LogP contribution in [0.4, 0.5) is 0 Å². The van der Waals surface area contributed by atoms with E-state index < -0.39 is 5.60 Å². The van der Waals surface area contributed by atoms with Gasteiger partial charge in [0.2, 0.25) is 0 Å². The molecule has 0 aliphatic carbocycles. The van der Waals surface area contributed by atoms with Crippen LogP contribution in [-0.2, 0) is 6.54 Å². The Balaban J connectivity index is 1.39. The van der Waals surface area contributed by atoms with Gasteiger partial charge in [-0.3, -0.25) is 4.90 Å². The molecule has 122 valence electrons. The fraction of sp³-hybridized carbons (Fsp3) is 0.647. The van der Waals surface area contributed by atoms with Crippen LogP contribution in [0.1, 0.15) is 24.8 Å². The van der Waals surface area contributed by atoms with Crippen molar-refractivity contribution in [1.29, 1.82) is 0 Å². The number of nitrogens with zero attached hydrogens (tertiary/aromatic N) is 1. The van der Waals surface area contributed by atoms with Crippen LogP contribution in [0, 0.1) is 0 Å². The monoisotopic (exact) mass is 340 g/mol. The third-order valence-electron chi connectivity index (χ3n) is 4.71. The second-order valence-electron chi connectivity index (χ2n) is 6.58. The first-order chi connectivity index (χ1) is 10.6. The largest absolute Gasteiger partial charge is 0.388 e. The SMILES string of the molecule is OC1(CNC2CCN(Cc3ccc(Cl)cc3)CC2)CCSC1. The Hall–Kier alpha value is -0.260. The van der Waals surface area contributed by atoms with Crippen molar-refractivity contribution in [2.24, 2.45) is 0 Å². The van der Waals surface area contributed by atoms with Gasteiger partial charge in [-0.25, -0.2) is 0 Å². The zero-order valence-corrected chi connectivity index (χ0v) is 14.5. The summed E-state index contributed by atoms with van der Waals surface area (Å²) in [6.07, 6.45) is 3.26. The molecule has 5 heteroatoms. The van der Waals surface area contributed by atoms with E-state index in [-0.39, 0.29) is 0 Å². The molecule has 0 amide bonds. The average molecular weight is 341 g/mol. The second-order valence-corrected chi connectivity index (χ2v) is 8.13. The average Bonchev–Trinajstić information content (AvgIpc) is 2.96. The van der Waals surface area contributed by atoms with Crippen molar-refractivity contribution in [3.63, 3.8) is 0 Å². The normalized spacial score (nSPS) is 27.4. The molecule has 0 saturated carbocycles. The van der Waals surface area contributed by atoms with Gasteiger partial charge in [0, 0.05) is 29.9 Å². The first-order valence-corrected chi connectivity index (χ1v) is 9.67. The van der Waals surface area contributed by atoms with E-state index in [0.29, 0.717) is 6.04 Å². The quantitative estimate of drug-likeness (QED) is 0.864. The van der Waals surface area contributed by atoms with E-state index >= 15 is 0 Å². The molecule has 22 heavy (non-hydrogen) atoms. The lowest BCUT2D eigenvalue weighted by Crippen LogP contribution is -2.48. The Morgan fingerprint density at radius 2 is 2.00 bits per heavy atom. The third kappa shape index (κ3) is 4.62. The minimum atomic E-state index is -0.467. The van der Waals surface area contributed by atoms with Crippen molar-refractivity contribution in [3.05, 3.63) is 34.9 Å². The molecule has 2 fully saturated rings. The molecule has 2 aliphatic rings. The number of hydrogen-bond acceptors (Lipinski definition) is 4. The molecule has 1 aromatic rings. The first kappa shape index (κ1) is 16.6. The van der Waals surface area contributed by atoms with Gasteiger partial charge < -0.3 is 10.4 Å². The molecule has 0 spiro atoms. The molecule has 1 unspecified atom stereocenters. The van der Waals surface area contributed by atoms with Crippen molar-refractivity contribution < 1.29 is 5.11 Å². The zero-order chi connectivity index (χ0) is 15.4. The van der Waals surface area contributed by atoms with E-state index in [1.54, 1.807) is 0 Å². The van der Waals surface area contributed by atoms with E-state index in [4.69, 9.17) is 11.6 Å². The van der Waals surface area contributed by atoms with Gasteiger partial charge >= 0.3 is 0 Å². The molecule has 3 nitrogen and oxygen atoms in total. The van der Waals surface area contributed by atoms with E-state index in [9.17, 15) is 5.11 Å². The lowest BCUT2D eigenvalue weighted by Gasteiger charge is -2.34. The number of rotatable bonds is 5. The minimum Gasteiger partial charge on any atom is -0.388 e. The Kier molecular flexibility index (Phi) is 5.69. The molecule has 0 radical (unpaired) electrons. The number of thioether (sulfide) groups is 1. The van der Waals surface area contributed by atoms with Gasteiger partial charge in [-0.2, -0.15) is 11.8 Å². The van der Waals surface area contributed by atoms with Crippen LogP contribution in [0.5, 0.6) is 0 Å². The summed E-state index contributed by atoms with van der Waals surface area (Å²) in [6, 6.07) is 8.70. The van der Waals surface area contributed by atoms with Crippen LogP contribution < -0.4 is 5.32 Å². The molecule has 3 rings (SSSR count). The minimum absolute atomic E-state index is 0.467. The number of nitrogens with one attached hydrogen (secondary N) is 1. The molecule has 0 bridgehead atoms. The molecule has 2 heterocycles. The van der Waals surface area contributed by atoms with Gasteiger partial charge in [0.15, 0.2) is 0 Å². The first-order valence-electron chi connectivity index (χ1n) is 8.13. The number of halogens is 1. The fourth-order valence-electron chi connectivity index (χ4n) is 3.21. The molecule has 1 aromatic carbocycles. The maximum absolute atomic E-state index is 10.4. The van der Waals surface area contributed by atoms with Crippen molar-refractivity contribution >= 4 is 23.4 Å². The number of benzene rings is 1. The predicted molar refractivity (Wildman–Crippen MR) is 94.6 cm³/mol. The van der Waals surface area contributed by atoms with E-state index in [1.165, 1.54) is 5.56 Å². The highest BCUT2D eigenvalue weighted by atomic mass is 35.5. The van der Waals surface area contributed by atoms with Crippen LogP contribution in [0.15, 0.2) is 24.3 Å². The summed E-state index contributed by atoms with van der Waals surface area (Å²) < 4.78 is 0. The lowest BCUT2D eigenvalue weighted by molar-refractivity contribution is 0.0603. The topological polar surface area (TPSA) is 35.5 Å². The Morgan fingerprint density at radius 3 is 2.64 bits per heavy atom. The van der Waals surface area contributed by atoms with E-state index in [0.717, 1.165) is 62.0 Å².